The van der Waals surface area contributed by atoms with Crippen LogP contribution in [0.1, 0.15) is 36.2 Å². The van der Waals surface area contributed by atoms with E-state index in [1.165, 1.54) is 18.6 Å². The van der Waals surface area contributed by atoms with Crippen LogP contribution in [0.15, 0.2) is 48.0 Å². The van der Waals surface area contributed by atoms with Gasteiger partial charge in [-0.25, -0.2) is 27.9 Å². The quantitative estimate of drug-likeness (QED) is 0.472. The molecule has 2 aliphatic carbocycles. The van der Waals surface area contributed by atoms with Crippen LogP contribution in [-0.4, -0.2) is 34.2 Å². The molecule has 176 valence electrons. The number of carbonyl (C=O) groups is 1. The van der Waals surface area contributed by atoms with Gasteiger partial charge >= 0.3 is 6.03 Å². The molecule has 1 aromatic carbocycles. The fraction of sp³-hybridized carbons (Fsp3) is 0.304. The van der Waals surface area contributed by atoms with Crippen molar-refractivity contribution in [3.63, 3.8) is 0 Å². The topological polar surface area (TPSA) is 145 Å². The van der Waals surface area contributed by atoms with Crippen molar-refractivity contribution in [3.8, 4) is 11.1 Å². The maximum atomic E-state index is 12.8. The minimum absolute atomic E-state index is 0.0428. The Balaban J connectivity index is 1.39. The lowest BCUT2D eigenvalue weighted by Crippen LogP contribution is -2.34. The number of urea groups is 1. The van der Waals surface area contributed by atoms with Gasteiger partial charge in [0, 0.05) is 36.3 Å². The molecular formula is C23H25N7O3S. The van der Waals surface area contributed by atoms with E-state index in [1.54, 1.807) is 23.2 Å². The normalized spacial score (nSPS) is 15.4. The predicted octanol–water partition coefficient (Wildman–Crippen LogP) is 2.68. The summed E-state index contributed by atoms with van der Waals surface area (Å²) in [5.74, 6) is 1.02. The number of sulfonamides is 1. The van der Waals surface area contributed by atoms with Crippen LogP contribution in [0.5, 0.6) is 0 Å². The van der Waals surface area contributed by atoms with Gasteiger partial charge in [-0.3, -0.25) is 4.68 Å². The van der Waals surface area contributed by atoms with E-state index < -0.39 is 16.1 Å². The van der Waals surface area contributed by atoms with E-state index in [9.17, 15) is 13.2 Å². The lowest BCUT2D eigenvalue weighted by molar-refractivity contribution is 0.256. The van der Waals surface area contributed by atoms with E-state index in [-0.39, 0.29) is 4.90 Å². The van der Waals surface area contributed by atoms with E-state index in [4.69, 9.17) is 5.73 Å². The highest BCUT2D eigenvalue weighted by molar-refractivity contribution is 7.90. The van der Waals surface area contributed by atoms with Gasteiger partial charge in [-0.15, -0.1) is 0 Å². The van der Waals surface area contributed by atoms with Crippen LogP contribution in [0.25, 0.3) is 17.2 Å². The number of aryl methyl sites for hydroxylation is 1. The SMILES string of the molecule is N/C=C\c1ncc(-c2ccc3c(c2NC(=O)NS(=O)(=O)c2cnn(CC4CC4)c2)CCC3)cn1. The number of fused-ring (bicyclic) bond motifs is 1. The molecule has 0 radical (unpaired) electrons. The first-order valence-corrected chi connectivity index (χ1v) is 12.6. The number of hydrogen-bond donors (Lipinski definition) is 3. The van der Waals surface area contributed by atoms with E-state index >= 15 is 0 Å². The number of aromatic nitrogens is 4. The van der Waals surface area contributed by atoms with E-state index in [1.807, 2.05) is 12.1 Å². The molecule has 34 heavy (non-hydrogen) atoms. The summed E-state index contributed by atoms with van der Waals surface area (Å²) in [5.41, 5.74) is 9.50. The Bertz CT molecular complexity index is 1360. The summed E-state index contributed by atoms with van der Waals surface area (Å²) in [6.45, 7) is 0.684. The van der Waals surface area contributed by atoms with E-state index in [2.05, 4.69) is 25.1 Å². The van der Waals surface area contributed by atoms with Gasteiger partial charge in [-0.2, -0.15) is 5.10 Å². The molecule has 2 heterocycles. The predicted molar refractivity (Wildman–Crippen MR) is 127 cm³/mol. The summed E-state index contributed by atoms with van der Waals surface area (Å²) in [6.07, 6.45) is 13.9. The summed E-state index contributed by atoms with van der Waals surface area (Å²) in [6, 6.07) is 3.09. The fourth-order valence-corrected chi connectivity index (χ4v) is 5.03. The molecule has 0 atom stereocenters. The zero-order valence-corrected chi connectivity index (χ0v) is 19.3. The largest absolute Gasteiger partial charge is 0.404 e. The second-order valence-electron chi connectivity index (χ2n) is 8.57. The zero-order chi connectivity index (χ0) is 23.7. The van der Waals surface area contributed by atoms with Crippen molar-refractivity contribution in [3.05, 3.63) is 60.1 Å². The number of rotatable bonds is 7. The summed E-state index contributed by atoms with van der Waals surface area (Å²) in [7, 11) is -4.07. The first-order chi connectivity index (χ1) is 16.4. The molecule has 3 aromatic rings. The van der Waals surface area contributed by atoms with Gasteiger partial charge in [0.2, 0.25) is 0 Å². The van der Waals surface area contributed by atoms with Crippen molar-refractivity contribution in [2.45, 2.75) is 43.5 Å². The molecule has 0 spiro atoms. The van der Waals surface area contributed by atoms with E-state index in [0.29, 0.717) is 35.1 Å². The van der Waals surface area contributed by atoms with Crippen molar-refractivity contribution in [2.24, 2.45) is 11.7 Å². The maximum absolute atomic E-state index is 12.8. The van der Waals surface area contributed by atoms with Crippen molar-refractivity contribution >= 4 is 27.8 Å². The van der Waals surface area contributed by atoms with Crippen molar-refractivity contribution < 1.29 is 13.2 Å². The third-order valence-electron chi connectivity index (χ3n) is 6.04. The van der Waals surface area contributed by atoms with Gasteiger partial charge in [-0.05, 0) is 61.4 Å². The van der Waals surface area contributed by atoms with Gasteiger partial charge in [0.25, 0.3) is 10.0 Å². The molecule has 1 fully saturated rings. The highest BCUT2D eigenvalue weighted by atomic mass is 32.2. The Morgan fingerprint density at radius 3 is 2.71 bits per heavy atom. The average Bonchev–Trinajstić information content (AvgIpc) is 3.27. The number of nitrogens with two attached hydrogens (primary N) is 1. The number of benzene rings is 1. The second-order valence-corrected chi connectivity index (χ2v) is 10.3. The zero-order valence-electron chi connectivity index (χ0n) is 18.4. The third kappa shape index (κ3) is 4.65. The molecule has 0 saturated heterocycles. The first-order valence-electron chi connectivity index (χ1n) is 11.1. The number of carbonyl (C=O) groups excluding carboxylic acids is 1. The molecule has 2 aromatic heterocycles. The Morgan fingerprint density at radius 1 is 1.18 bits per heavy atom. The van der Waals surface area contributed by atoms with Crippen LogP contribution in [0.3, 0.4) is 0 Å². The van der Waals surface area contributed by atoms with Gasteiger partial charge in [0.15, 0.2) is 5.82 Å². The van der Waals surface area contributed by atoms with Gasteiger partial charge in [-0.1, -0.05) is 12.1 Å². The minimum Gasteiger partial charge on any atom is -0.404 e. The van der Waals surface area contributed by atoms with Crippen LogP contribution < -0.4 is 15.8 Å². The smallest absolute Gasteiger partial charge is 0.333 e. The monoisotopic (exact) mass is 479 g/mol. The highest BCUT2D eigenvalue weighted by Crippen LogP contribution is 2.37. The summed E-state index contributed by atoms with van der Waals surface area (Å²) >= 11 is 0. The van der Waals surface area contributed by atoms with E-state index in [0.717, 1.165) is 43.2 Å². The Labute approximate surface area is 197 Å². The Kier molecular flexibility index (Phi) is 5.78. The van der Waals surface area contributed by atoms with Crippen LogP contribution in [0.2, 0.25) is 0 Å². The molecule has 2 amide bonds. The molecule has 4 N–H and O–H groups in total. The Morgan fingerprint density at radius 2 is 1.97 bits per heavy atom. The maximum Gasteiger partial charge on any atom is 0.333 e. The molecule has 1 saturated carbocycles. The second kappa shape index (κ2) is 8.90. The number of hydrogen-bond acceptors (Lipinski definition) is 7. The lowest BCUT2D eigenvalue weighted by atomic mass is 9.99. The molecule has 11 heteroatoms. The van der Waals surface area contributed by atoms with Crippen LogP contribution in [0.4, 0.5) is 10.5 Å². The van der Waals surface area contributed by atoms with Crippen LogP contribution in [0, 0.1) is 5.92 Å². The van der Waals surface area contributed by atoms with Gasteiger partial charge in [0.1, 0.15) is 4.90 Å². The highest BCUT2D eigenvalue weighted by Gasteiger charge is 2.26. The lowest BCUT2D eigenvalue weighted by Gasteiger charge is -2.16. The molecule has 0 aliphatic heterocycles. The first kappa shape index (κ1) is 22.1. The fourth-order valence-electron chi connectivity index (χ4n) is 4.17. The number of anilines is 1. The number of nitrogens with zero attached hydrogens (tertiary/aromatic N) is 4. The average molecular weight is 480 g/mol. The van der Waals surface area contributed by atoms with Crippen molar-refractivity contribution in [1.82, 2.24) is 24.5 Å². The van der Waals surface area contributed by atoms with Gasteiger partial charge < -0.3 is 11.1 Å². The van der Waals surface area contributed by atoms with Crippen LogP contribution >= 0.6 is 0 Å². The van der Waals surface area contributed by atoms with Crippen molar-refractivity contribution in [2.75, 3.05) is 5.32 Å². The molecule has 0 unspecified atom stereocenters. The van der Waals surface area contributed by atoms with Crippen molar-refractivity contribution in [1.29, 1.82) is 0 Å². The molecular weight excluding hydrogens is 454 g/mol. The molecule has 2 aliphatic rings. The molecule has 0 bridgehead atoms. The Hall–Kier alpha value is -3.73. The van der Waals surface area contributed by atoms with Gasteiger partial charge in [0.05, 0.1) is 11.9 Å². The van der Waals surface area contributed by atoms with Crippen LogP contribution in [-0.2, 0) is 29.4 Å². The molecule has 5 rings (SSSR count). The number of nitrogens with one attached hydrogen (secondary N) is 2. The standard InChI is InChI=1S/C23H25N7O3S/c24-9-8-21-25-10-17(11-26-21)20-7-6-16-2-1-3-19(16)22(20)28-23(31)29-34(32,33)18-12-27-30(14-18)13-15-4-5-15/h6-12,14-15H,1-5,13,24H2,(H2,28,29,31)/b9-8-. The number of amides is 2. The minimum atomic E-state index is -4.07. The summed E-state index contributed by atoms with van der Waals surface area (Å²) < 4.78 is 29.3. The molecule has 10 nitrogen and oxygen atoms in total. The summed E-state index contributed by atoms with van der Waals surface area (Å²) in [4.78, 5) is 21.3. The third-order valence-corrected chi connectivity index (χ3v) is 7.32. The summed E-state index contributed by atoms with van der Waals surface area (Å²) in [5, 5.41) is 6.89.